The quantitative estimate of drug-likeness (QED) is 0.0894. The van der Waals surface area contributed by atoms with Crippen LogP contribution in [0.3, 0.4) is 0 Å². The van der Waals surface area contributed by atoms with Crippen LogP contribution in [0.1, 0.15) is 66.4 Å². The molecule has 5 fully saturated rings. The van der Waals surface area contributed by atoms with Crippen LogP contribution in [-0.2, 0) is 20.9 Å². The Bertz CT molecular complexity index is 3100. The Balaban J connectivity index is 0.790. The van der Waals surface area contributed by atoms with Crippen LogP contribution in [0.4, 0.5) is 19.4 Å². The summed E-state index contributed by atoms with van der Waals surface area (Å²) in [7, 11) is 1.62. The normalized spacial score (nSPS) is 24.0. The molecule has 5 aromatic rings. The summed E-state index contributed by atoms with van der Waals surface area (Å²) in [5.74, 6) is 0.567. The first-order chi connectivity index (χ1) is 33.7. The van der Waals surface area contributed by atoms with Crippen molar-refractivity contribution in [1.29, 1.82) is 0 Å². The Labute approximate surface area is 400 Å². The van der Waals surface area contributed by atoms with Crippen LogP contribution in [0, 0.1) is 24.0 Å². The molecular formula is C51H49F2N9O8. The zero-order chi connectivity index (χ0) is 48.6. The number of hydrogen-bond acceptors (Lipinski definition) is 14. The van der Waals surface area contributed by atoms with Crippen molar-refractivity contribution in [3.05, 3.63) is 89.1 Å². The third-order valence-electron chi connectivity index (χ3n) is 14.6. The summed E-state index contributed by atoms with van der Waals surface area (Å²) < 4.78 is 50.9. The Kier molecular flexibility index (Phi) is 11.3. The molecule has 6 aliphatic heterocycles. The minimum atomic E-state index is -0.818. The van der Waals surface area contributed by atoms with Gasteiger partial charge in [0.25, 0.3) is 5.91 Å². The topological polar surface area (TPSA) is 192 Å². The summed E-state index contributed by atoms with van der Waals surface area (Å²) >= 11 is 0. The van der Waals surface area contributed by atoms with Gasteiger partial charge in [-0.1, -0.05) is 24.1 Å². The molecule has 1 unspecified atom stereocenters. The Morgan fingerprint density at radius 2 is 1.84 bits per heavy atom. The lowest BCUT2D eigenvalue weighted by molar-refractivity contribution is -0.136. The molecule has 5 atom stereocenters. The van der Waals surface area contributed by atoms with Gasteiger partial charge >= 0.3 is 12.1 Å². The van der Waals surface area contributed by atoms with Crippen LogP contribution in [-0.4, -0.2) is 135 Å². The van der Waals surface area contributed by atoms with Gasteiger partial charge in [-0.25, -0.2) is 13.6 Å². The molecule has 5 saturated heterocycles. The third kappa shape index (κ3) is 7.94. The molecule has 17 nitrogen and oxygen atoms in total. The van der Waals surface area contributed by atoms with Gasteiger partial charge in [-0.15, -0.1) is 6.42 Å². The van der Waals surface area contributed by atoms with E-state index in [0.29, 0.717) is 72.4 Å². The molecule has 0 saturated carbocycles. The van der Waals surface area contributed by atoms with Crippen LogP contribution >= 0.6 is 0 Å². The maximum Gasteiger partial charge on any atom is 0.411 e. The van der Waals surface area contributed by atoms with Gasteiger partial charge in [-0.05, 0) is 79.5 Å². The van der Waals surface area contributed by atoms with Gasteiger partial charge in [0, 0.05) is 80.9 Å². The van der Waals surface area contributed by atoms with Crippen molar-refractivity contribution in [2.45, 2.75) is 81.4 Å². The second-order valence-electron chi connectivity index (χ2n) is 19.1. The number of likely N-dealkylation sites (N-methyl/N-ethyl adjacent to an activating group) is 1. The van der Waals surface area contributed by atoms with Crippen LogP contribution < -0.4 is 25.0 Å². The van der Waals surface area contributed by atoms with Gasteiger partial charge in [0.05, 0.1) is 23.0 Å². The number of halogens is 2. The summed E-state index contributed by atoms with van der Waals surface area (Å²) in [6.45, 7) is 6.62. The number of nitrogens with one attached hydrogen (secondary N) is 2. The average Bonchev–Trinajstić information content (AvgIpc) is 4.06. The Hall–Kier alpha value is -7.43. The maximum atomic E-state index is 17.2. The average molecular weight is 954 g/mol. The third-order valence-corrected chi connectivity index (χ3v) is 14.6. The summed E-state index contributed by atoms with van der Waals surface area (Å²) in [5.41, 5.74) is 1.25. The molecule has 6 aliphatic rings. The molecule has 3 N–H and O–H groups in total. The van der Waals surface area contributed by atoms with E-state index in [0.717, 1.165) is 18.4 Å². The number of aromatic hydroxyl groups is 1. The molecule has 70 heavy (non-hydrogen) atoms. The van der Waals surface area contributed by atoms with Crippen LogP contribution in [0.2, 0.25) is 0 Å². The number of piperazine rings is 1. The molecule has 0 spiro atoms. The standard InChI is InChI=1S/C51H49F2N9O8/c1-4-34-38(52)10-5-28-17-32(63)19-36(42(28)34)44-43(53)45-37(21-54-44)46(60-24-30-6-7-31(25-60)55-30)58-49(57-45)69-26-51-14-13-41(62(51)22-27(2)20-51)70-50(67)59(3)15-16-68-33-8-9-35-29(18-33)23-61(48(35)66)39-11-12-40(64)56-47(39)65/h1,5,8-10,17-19,21,30-31,39,41,55,63H,2,6-7,11-16,20,22-26H2,3H3,(H,56,64,65)/t30-,31+,39?,41-,51-/m0/s1. The number of piperidine rings is 1. The van der Waals surface area contributed by atoms with E-state index in [1.807, 2.05) is 0 Å². The SMILES string of the molecule is C#Cc1c(F)ccc2cc(O)cc(-c3ncc4c(N5C[C@H]6CC[C@@H](C5)N6)nc(OC[C@@]56CC[C@H](OC(=O)N(C)CCOc7ccc8c(c7)CN(C7CCC(=O)NC7=O)C8=O)N5CC(=C)C6)nc4c3F)c12. The summed E-state index contributed by atoms with van der Waals surface area (Å²) in [5, 5.41) is 17.6. The highest BCUT2D eigenvalue weighted by Crippen LogP contribution is 2.46. The number of anilines is 1. The van der Waals surface area contributed by atoms with Gasteiger partial charge in [-0.3, -0.25) is 29.6 Å². The number of carbonyl (C=O) groups is 4. The zero-order valence-electron chi connectivity index (χ0n) is 38.3. The minimum absolute atomic E-state index is 0.0609. The van der Waals surface area contributed by atoms with Crippen molar-refractivity contribution < 1.29 is 47.3 Å². The highest BCUT2D eigenvalue weighted by molar-refractivity contribution is 6.06. The lowest BCUT2D eigenvalue weighted by Crippen LogP contribution is -2.52. The molecule has 0 aliphatic carbocycles. The number of aromatic nitrogens is 3. The molecule has 4 amide bonds. The second-order valence-corrected chi connectivity index (χ2v) is 19.1. The fraction of sp³-hybridized carbons (Fsp3) is 0.392. The first kappa shape index (κ1) is 45.0. The van der Waals surface area contributed by atoms with E-state index in [4.69, 9.17) is 25.6 Å². The number of hydrogen-bond donors (Lipinski definition) is 3. The molecule has 2 bridgehead atoms. The number of phenols is 1. The van der Waals surface area contributed by atoms with E-state index in [-0.39, 0.29) is 103 Å². The fourth-order valence-corrected chi connectivity index (χ4v) is 11.2. The number of phenolic OH excluding ortho intramolecular Hbond substituents is 1. The Morgan fingerprint density at radius 1 is 1.03 bits per heavy atom. The van der Waals surface area contributed by atoms with Crippen molar-refractivity contribution in [3.63, 3.8) is 0 Å². The van der Waals surface area contributed by atoms with Crippen molar-refractivity contribution >= 4 is 51.3 Å². The number of fused-ring (bicyclic) bond motifs is 6. The molecule has 3 aromatic carbocycles. The van der Waals surface area contributed by atoms with E-state index < -0.39 is 41.4 Å². The fourth-order valence-electron chi connectivity index (χ4n) is 11.2. The van der Waals surface area contributed by atoms with Gasteiger partial charge in [0.2, 0.25) is 11.8 Å². The molecule has 19 heteroatoms. The van der Waals surface area contributed by atoms with Crippen LogP contribution in [0.25, 0.3) is 32.9 Å². The van der Waals surface area contributed by atoms with Gasteiger partial charge in [0.15, 0.2) is 12.0 Å². The van der Waals surface area contributed by atoms with E-state index >= 15 is 8.78 Å². The molecular weight excluding hydrogens is 905 g/mol. The summed E-state index contributed by atoms with van der Waals surface area (Å²) in [4.78, 5) is 72.0. The predicted molar refractivity (Wildman–Crippen MR) is 251 cm³/mol. The zero-order valence-corrected chi connectivity index (χ0v) is 38.3. The number of nitrogens with zero attached hydrogens (tertiary/aromatic N) is 7. The van der Waals surface area contributed by atoms with Gasteiger partial charge in [0.1, 0.15) is 53.6 Å². The van der Waals surface area contributed by atoms with E-state index in [2.05, 4.69) is 42.9 Å². The van der Waals surface area contributed by atoms with E-state index in [1.165, 1.54) is 40.3 Å². The number of imide groups is 1. The highest BCUT2D eigenvalue weighted by Gasteiger charge is 2.53. The Morgan fingerprint density at radius 3 is 2.63 bits per heavy atom. The predicted octanol–water partition coefficient (Wildman–Crippen LogP) is 5.16. The summed E-state index contributed by atoms with van der Waals surface area (Å²) in [6.07, 6.45) is 10.2. The van der Waals surface area contributed by atoms with Gasteiger partial charge < -0.3 is 39.3 Å². The number of benzene rings is 3. The minimum Gasteiger partial charge on any atom is -0.508 e. The number of carbonyl (C=O) groups excluding carboxylic acids is 4. The molecule has 360 valence electrons. The van der Waals surface area contributed by atoms with Crippen LogP contribution in [0.5, 0.6) is 17.5 Å². The number of terminal acetylenes is 1. The van der Waals surface area contributed by atoms with E-state index in [1.54, 1.807) is 25.2 Å². The first-order valence-electron chi connectivity index (χ1n) is 23.4. The van der Waals surface area contributed by atoms with Crippen molar-refractivity contribution in [2.24, 2.45) is 0 Å². The number of ether oxygens (including phenoxy) is 3. The van der Waals surface area contributed by atoms with E-state index in [9.17, 15) is 24.3 Å². The van der Waals surface area contributed by atoms with Gasteiger partial charge in [-0.2, -0.15) is 9.97 Å². The lowest BCUT2D eigenvalue weighted by Gasteiger charge is -2.35. The molecule has 2 aromatic heterocycles. The smallest absolute Gasteiger partial charge is 0.411 e. The maximum absolute atomic E-state index is 17.2. The second kappa shape index (κ2) is 17.5. The van der Waals surface area contributed by atoms with Crippen molar-refractivity contribution in [1.82, 2.24) is 40.3 Å². The molecule has 11 rings (SSSR count). The number of pyridine rings is 1. The number of rotatable bonds is 11. The largest absolute Gasteiger partial charge is 0.508 e. The monoisotopic (exact) mass is 953 g/mol. The highest BCUT2D eigenvalue weighted by atomic mass is 19.1. The first-order valence-corrected chi connectivity index (χ1v) is 23.4. The van der Waals surface area contributed by atoms with Crippen LogP contribution in [0.15, 0.2) is 60.8 Å². The lowest BCUT2D eigenvalue weighted by atomic mass is 9.94. The van der Waals surface area contributed by atoms with Crippen molar-refractivity contribution in [2.75, 3.05) is 51.3 Å². The molecule has 8 heterocycles. The molecule has 0 radical (unpaired) electrons. The summed E-state index contributed by atoms with van der Waals surface area (Å²) in [6, 6.07) is 10.2. The number of amides is 4. The van der Waals surface area contributed by atoms with Crippen molar-refractivity contribution in [3.8, 4) is 41.1 Å².